The molecule has 0 bridgehead atoms. The molecule has 0 unspecified atom stereocenters. The Kier molecular flexibility index (Phi) is 2.66. The zero-order valence-corrected chi connectivity index (χ0v) is 10.2. The standard InChI is InChI=1S/C15H12N4/c16-9-11-5-7-12(8-6-11)10-19-14-4-2-1-3-13(14)18-15(19)17/h1-8H,10H2,(H2,17,18). The number of fused-ring (bicyclic) bond motifs is 1. The third kappa shape index (κ3) is 2.02. The van der Waals surface area contributed by atoms with E-state index in [9.17, 15) is 0 Å². The second-order valence-electron chi connectivity index (χ2n) is 4.35. The molecule has 0 saturated heterocycles. The molecule has 0 amide bonds. The van der Waals surface area contributed by atoms with E-state index in [-0.39, 0.29) is 0 Å². The summed E-state index contributed by atoms with van der Waals surface area (Å²) in [5.74, 6) is 0.505. The predicted molar refractivity (Wildman–Crippen MR) is 74.4 cm³/mol. The largest absolute Gasteiger partial charge is 0.369 e. The Morgan fingerprint density at radius 1 is 1.11 bits per heavy atom. The lowest BCUT2D eigenvalue weighted by molar-refractivity contribution is 0.838. The van der Waals surface area contributed by atoms with Gasteiger partial charge in [-0.3, -0.25) is 0 Å². The molecule has 0 spiro atoms. The number of nitrogens with zero attached hydrogens (tertiary/aromatic N) is 3. The van der Waals surface area contributed by atoms with E-state index in [2.05, 4.69) is 11.1 Å². The first-order valence-electron chi connectivity index (χ1n) is 5.98. The molecule has 4 nitrogen and oxygen atoms in total. The van der Waals surface area contributed by atoms with Gasteiger partial charge >= 0.3 is 0 Å². The highest BCUT2D eigenvalue weighted by atomic mass is 15.1. The first-order valence-corrected chi connectivity index (χ1v) is 5.98. The summed E-state index contributed by atoms with van der Waals surface area (Å²) in [7, 11) is 0. The molecule has 0 aliphatic heterocycles. The van der Waals surface area contributed by atoms with Gasteiger partial charge in [0.25, 0.3) is 0 Å². The van der Waals surface area contributed by atoms with Gasteiger partial charge in [-0.15, -0.1) is 0 Å². The number of rotatable bonds is 2. The van der Waals surface area contributed by atoms with Crippen LogP contribution in [-0.4, -0.2) is 9.55 Å². The molecule has 2 aromatic carbocycles. The molecule has 2 N–H and O–H groups in total. The lowest BCUT2D eigenvalue weighted by atomic mass is 10.1. The molecule has 92 valence electrons. The van der Waals surface area contributed by atoms with Crippen LogP contribution in [0.2, 0.25) is 0 Å². The van der Waals surface area contributed by atoms with E-state index in [0.717, 1.165) is 16.6 Å². The number of hydrogen-bond acceptors (Lipinski definition) is 3. The van der Waals surface area contributed by atoms with E-state index in [0.29, 0.717) is 18.1 Å². The summed E-state index contributed by atoms with van der Waals surface area (Å²) in [5.41, 5.74) is 9.62. The third-order valence-electron chi connectivity index (χ3n) is 3.11. The summed E-state index contributed by atoms with van der Waals surface area (Å²) in [6.45, 7) is 0.651. The van der Waals surface area contributed by atoms with Gasteiger partial charge in [0.15, 0.2) is 0 Å². The maximum atomic E-state index is 8.79. The van der Waals surface area contributed by atoms with Gasteiger partial charge < -0.3 is 10.3 Å². The fourth-order valence-corrected chi connectivity index (χ4v) is 2.13. The molecule has 0 saturated carbocycles. The number of imidazole rings is 1. The van der Waals surface area contributed by atoms with E-state index in [4.69, 9.17) is 11.0 Å². The van der Waals surface area contributed by atoms with Crippen molar-refractivity contribution in [1.82, 2.24) is 9.55 Å². The number of anilines is 1. The highest BCUT2D eigenvalue weighted by Gasteiger charge is 2.07. The summed E-state index contributed by atoms with van der Waals surface area (Å²) in [6.07, 6.45) is 0. The number of hydrogen-bond donors (Lipinski definition) is 1. The van der Waals surface area contributed by atoms with E-state index in [1.807, 2.05) is 53.1 Å². The van der Waals surface area contributed by atoms with Crippen molar-refractivity contribution in [2.75, 3.05) is 5.73 Å². The van der Waals surface area contributed by atoms with Crippen LogP contribution < -0.4 is 5.73 Å². The van der Waals surface area contributed by atoms with Crippen LogP contribution in [0.4, 0.5) is 5.95 Å². The quantitative estimate of drug-likeness (QED) is 0.757. The molecular weight excluding hydrogens is 236 g/mol. The third-order valence-corrected chi connectivity index (χ3v) is 3.11. The molecule has 4 heteroatoms. The summed E-state index contributed by atoms with van der Waals surface area (Å²) < 4.78 is 1.97. The summed E-state index contributed by atoms with van der Waals surface area (Å²) >= 11 is 0. The SMILES string of the molecule is N#Cc1ccc(Cn2c(N)nc3ccccc32)cc1. The molecule has 0 radical (unpaired) electrons. The lowest BCUT2D eigenvalue weighted by Gasteiger charge is -2.06. The van der Waals surface area contributed by atoms with Crippen molar-refractivity contribution in [2.45, 2.75) is 6.54 Å². The van der Waals surface area contributed by atoms with E-state index in [1.165, 1.54) is 0 Å². The topological polar surface area (TPSA) is 67.6 Å². The average Bonchev–Trinajstić information content (AvgIpc) is 2.76. The molecular formula is C15H12N4. The number of para-hydroxylation sites is 2. The van der Waals surface area contributed by atoms with Gasteiger partial charge in [-0.25, -0.2) is 4.98 Å². The van der Waals surface area contributed by atoms with Crippen molar-refractivity contribution in [3.05, 3.63) is 59.7 Å². The predicted octanol–water partition coefficient (Wildman–Crippen LogP) is 2.54. The highest BCUT2D eigenvalue weighted by molar-refractivity contribution is 5.78. The van der Waals surface area contributed by atoms with Gasteiger partial charge in [-0.1, -0.05) is 24.3 Å². The molecule has 0 atom stereocenters. The van der Waals surface area contributed by atoms with Crippen LogP contribution in [0.5, 0.6) is 0 Å². The molecule has 1 heterocycles. The van der Waals surface area contributed by atoms with Crippen molar-refractivity contribution in [3.63, 3.8) is 0 Å². The number of aromatic nitrogens is 2. The van der Waals surface area contributed by atoms with Crippen LogP contribution in [0.15, 0.2) is 48.5 Å². The zero-order chi connectivity index (χ0) is 13.2. The van der Waals surface area contributed by atoms with Crippen molar-refractivity contribution in [3.8, 4) is 6.07 Å². The van der Waals surface area contributed by atoms with E-state index < -0.39 is 0 Å². The zero-order valence-electron chi connectivity index (χ0n) is 10.2. The van der Waals surface area contributed by atoms with Crippen molar-refractivity contribution in [1.29, 1.82) is 5.26 Å². The van der Waals surface area contributed by atoms with Crippen molar-refractivity contribution in [2.24, 2.45) is 0 Å². The molecule has 3 aromatic rings. The lowest BCUT2D eigenvalue weighted by Crippen LogP contribution is -2.04. The highest BCUT2D eigenvalue weighted by Crippen LogP contribution is 2.19. The van der Waals surface area contributed by atoms with E-state index >= 15 is 0 Å². The fourth-order valence-electron chi connectivity index (χ4n) is 2.13. The number of nitrogens with two attached hydrogens (primary N) is 1. The molecule has 1 aromatic heterocycles. The van der Waals surface area contributed by atoms with Crippen LogP contribution in [0.3, 0.4) is 0 Å². The monoisotopic (exact) mass is 248 g/mol. The van der Waals surface area contributed by atoms with Gasteiger partial charge in [0.05, 0.1) is 29.2 Å². The molecule has 0 aliphatic rings. The van der Waals surface area contributed by atoms with Crippen molar-refractivity contribution < 1.29 is 0 Å². The second-order valence-corrected chi connectivity index (χ2v) is 4.35. The first-order chi connectivity index (χ1) is 9.28. The van der Waals surface area contributed by atoms with Gasteiger partial charge in [0, 0.05) is 0 Å². The van der Waals surface area contributed by atoms with Crippen LogP contribution in [0.1, 0.15) is 11.1 Å². The second kappa shape index (κ2) is 4.46. The maximum absolute atomic E-state index is 8.79. The summed E-state index contributed by atoms with van der Waals surface area (Å²) in [4.78, 5) is 4.33. The molecule has 0 aliphatic carbocycles. The number of nitriles is 1. The van der Waals surface area contributed by atoms with Crippen LogP contribution in [0, 0.1) is 11.3 Å². The summed E-state index contributed by atoms with van der Waals surface area (Å²) in [6, 6.07) is 17.5. The Bertz CT molecular complexity index is 763. The van der Waals surface area contributed by atoms with Gasteiger partial charge in [0.1, 0.15) is 0 Å². The molecule has 3 rings (SSSR count). The Balaban J connectivity index is 2.00. The van der Waals surface area contributed by atoms with Gasteiger partial charge in [-0.2, -0.15) is 5.26 Å². The Hall–Kier alpha value is -2.80. The minimum Gasteiger partial charge on any atom is -0.369 e. The summed E-state index contributed by atoms with van der Waals surface area (Å²) in [5, 5.41) is 8.79. The minimum absolute atomic E-state index is 0.505. The first kappa shape index (κ1) is 11.3. The van der Waals surface area contributed by atoms with Gasteiger partial charge in [-0.05, 0) is 29.8 Å². The molecule has 19 heavy (non-hydrogen) atoms. The normalized spacial score (nSPS) is 10.5. The van der Waals surface area contributed by atoms with Crippen LogP contribution in [-0.2, 0) is 6.54 Å². The van der Waals surface area contributed by atoms with E-state index in [1.54, 1.807) is 0 Å². The average molecular weight is 248 g/mol. The maximum Gasteiger partial charge on any atom is 0.201 e. The fraction of sp³-hybridized carbons (Fsp3) is 0.0667. The van der Waals surface area contributed by atoms with Crippen LogP contribution >= 0.6 is 0 Å². The minimum atomic E-state index is 0.505. The Morgan fingerprint density at radius 3 is 2.58 bits per heavy atom. The van der Waals surface area contributed by atoms with Gasteiger partial charge in [0.2, 0.25) is 5.95 Å². The smallest absolute Gasteiger partial charge is 0.201 e. The Labute approximate surface area is 110 Å². The Morgan fingerprint density at radius 2 is 1.84 bits per heavy atom. The number of nitrogen functional groups attached to an aromatic ring is 1. The molecule has 0 fully saturated rings. The number of benzene rings is 2. The van der Waals surface area contributed by atoms with Crippen molar-refractivity contribution >= 4 is 17.0 Å². The van der Waals surface area contributed by atoms with Crippen LogP contribution in [0.25, 0.3) is 11.0 Å².